The van der Waals surface area contributed by atoms with Gasteiger partial charge in [0.15, 0.2) is 0 Å². The summed E-state index contributed by atoms with van der Waals surface area (Å²) in [5.41, 5.74) is 3.34. The Morgan fingerprint density at radius 2 is 2.18 bits per heavy atom. The number of sulfonamides is 1. The Labute approximate surface area is 167 Å². The molecule has 1 aliphatic heterocycles. The molecule has 4 rings (SSSR count). The molecule has 7 nitrogen and oxygen atoms in total. The zero-order valence-electron chi connectivity index (χ0n) is 15.3. The average molecular weight is 417 g/mol. The molecule has 1 aliphatic rings. The summed E-state index contributed by atoms with van der Waals surface area (Å²) in [6.45, 7) is 2.53. The zero-order chi connectivity index (χ0) is 19.7. The van der Waals surface area contributed by atoms with Crippen molar-refractivity contribution in [2.75, 3.05) is 18.4 Å². The van der Waals surface area contributed by atoms with Crippen LogP contribution in [0.4, 0.5) is 5.69 Å². The SMILES string of the molecule is C[C@@H]1CN(S(=O)(=O)c2cccnc2)CC[C@@H]1C(=O)Nc1ccc2scnc2c1. The lowest BCUT2D eigenvalue weighted by atomic mass is 9.87. The summed E-state index contributed by atoms with van der Waals surface area (Å²) in [6.07, 6.45) is 3.38. The van der Waals surface area contributed by atoms with Crippen LogP contribution >= 0.6 is 11.3 Å². The number of carbonyl (C=O) groups is 1. The van der Waals surface area contributed by atoms with Gasteiger partial charge in [0.2, 0.25) is 15.9 Å². The van der Waals surface area contributed by atoms with Crippen molar-refractivity contribution in [3.63, 3.8) is 0 Å². The number of anilines is 1. The summed E-state index contributed by atoms with van der Waals surface area (Å²) in [5.74, 6) is -0.421. The monoisotopic (exact) mass is 416 g/mol. The average Bonchev–Trinajstić information content (AvgIpc) is 3.16. The molecule has 1 fully saturated rings. The Balaban J connectivity index is 1.44. The summed E-state index contributed by atoms with van der Waals surface area (Å²) in [7, 11) is -3.59. The number of carbonyl (C=O) groups excluding carboxylic acids is 1. The number of hydrogen-bond donors (Lipinski definition) is 1. The molecule has 9 heteroatoms. The molecule has 1 amide bonds. The van der Waals surface area contributed by atoms with E-state index >= 15 is 0 Å². The van der Waals surface area contributed by atoms with Crippen molar-refractivity contribution in [1.82, 2.24) is 14.3 Å². The zero-order valence-corrected chi connectivity index (χ0v) is 16.9. The van der Waals surface area contributed by atoms with Gasteiger partial charge in [0.05, 0.1) is 15.7 Å². The molecule has 1 saturated heterocycles. The molecule has 146 valence electrons. The van der Waals surface area contributed by atoms with E-state index in [4.69, 9.17) is 0 Å². The van der Waals surface area contributed by atoms with Crippen LogP contribution in [0.3, 0.4) is 0 Å². The third kappa shape index (κ3) is 3.65. The lowest BCUT2D eigenvalue weighted by molar-refractivity contribution is -0.122. The fourth-order valence-corrected chi connectivity index (χ4v) is 5.71. The van der Waals surface area contributed by atoms with Gasteiger partial charge in [-0.2, -0.15) is 4.31 Å². The summed E-state index contributed by atoms with van der Waals surface area (Å²) in [6, 6.07) is 8.81. The van der Waals surface area contributed by atoms with E-state index in [0.717, 1.165) is 10.2 Å². The van der Waals surface area contributed by atoms with Crippen molar-refractivity contribution in [2.45, 2.75) is 18.2 Å². The van der Waals surface area contributed by atoms with E-state index in [-0.39, 0.29) is 22.6 Å². The van der Waals surface area contributed by atoms with Crippen LogP contribution in [0.1, 0.15) is 13.3 Å². The number of pyridine rings is 1. The molecular weight excluding hydrogens is 396 g/mol. The van der Waals surface area contributed by atoms with Crippen molar-refractivity contribution in [3.05, 3.63) is 48.2 Å². The maximum Gasteiger partial charge on any atom is 0.244 e. The number of nitrogens with zero attached hydrogens (tertiary/aromatic N) is 3. The predicted molar refractivity (Wildman–Crippen MR) is 109 cm³/mol. The van der Waals surface area contributed by atoms with Crippen molar-refractivity contribution in [3.8, 4) is 0 Å². The third-order valence-electron chi connectivity index (χ3n) is 5.07. The first-order chi connectivity index (χ1) is 13.4. The lowest BCUT2D eigenvalue weighted by Crippen LogP contribution is -2.46. The van der Waals surface area contributed by atoms with Crippen molar-refractivity contribution >= 4 is 43.2 Å². The van der Waals surface area contributed by atoms with Crippen molar-refractivity contribution < 1.29 is 13.2 Å². The number of hydrogen-bond acceptors (Lipinski definition) is 6. The van der Waals surface area contributed by atoms with Crippen LogP contribution in [0.5, 0.6) is 0 Å². The van der Waals surface area contributed by atoms with Crippen LogP contribution in [0.25, 0.3) is 10.2 Å². The van der Waals surface area contributed by atoms with Gasteiger partial charge < -0.3 is 5.32 Å². The van der Waals surface area contributed by atoms with E-state index in [0.29, 0.717) is 25.2 Å². The van der Waals surface area contributed by atoms with E-state index in [1.807, 2.05) is 25.1 Å². The molecule has 1 aromatic carbocycles. The predicted octanol–water partition coefficient (Wildman–Crippen LogP) is 2.98. The highest BCUT2D eigenvalue weighted by atomic mass is 32.2. The molecule has 0 unspecified atom stereocenters. The van der Waals surface area contributed by atoms with E-state index in [1.54, 1.807) is 35.2 Å². The van der Waals surface area contributed by atoms with Gasteiger partial charge in [-0.3, -0.25) is 9.78 Å². The molecule has 0 saturated carbocycles. The van der Waals surface area contributed by atoms with Gasteiger partial charge in [-0.1, -0.05) is 6.92 Å². The summed E-state index contributed by atoms with van der Waals surface area (Å²) in [5, 5.41) is 2.96. The van der Waals surface area contributed by atoms with E-state index in [2.05, 4.69) is 15.3 Å². The maximum absolute atomic E-state index is 12.8. The van der Waals surface area contributed by atoms with Gasteiger partial charge in [-0.25, -0.2) is 13.4 Å². The minimum absolute atomic E-state index is 0.0829. The van der Waals surface area contributed by atoms with E-state index in [1.165, 1.54) is 10.5 Å². The van der Waals surface area contributed by atoms with Crippen LogP contribution in [0, 0.1) is 11.8 Å². The first kappa shape index (κ1) is 19.0. The van der Waals surface area contributed by atoms with Gasteiger partial charge in [0.25, 0.3) is 0 Å². The van der Waals surface area contributed by atoms with Crippen LogP contribution in [0.15, 0.2) is 53.1 Å². The smallest absolute Gasteiger partial charge is 0.244 e. The lowest BCUT2D eigenvalue weighted by Gasteiger charge is -2.35. The van der Waals surface area contributed by atoms with Crippen molar-refractivity contribution in [2.24, 2.45) is 11.8 Å². The fraction of sp³-hybridized carbons (Fsp3) is 0.316. The second-order valence-electron chi connectivity index (χ2n) is 6.95. The Kier molecular flexibility index (Phi) is 5.13. The summed E-state index contributed by atoms with van der Waals surface area (Å²) >= 11 is 1.55. The number of rotatable bonds is 4. The van der Waals surface area contributed by atoms with Gasteiger partial charge in [0.1, 0.15) is 4.90 Å². The highest BCUT2D eigenvalue weighted by molar-refractivity contribution is 7.89. The number of aromatic nitrogens is 2. The molecule has 0 spiro atoms. The molecule has 28 heavy (non-hydrogen) atoms. The molecule has 0 bridgehead atoms. The minimum Gasteiger partial charge on any atom is -0.326 e. The molecule has 2 aromatic heterocycles. The van der Waals surface area contributed by atoms with Crippen LogP contribution in [0.2, 0.25) is 0 Å². The number of benzene rings is 1. The Morgan fingerprint density at radius 3 is 2.93 bits per heavy atom. The number of nitrogens with one attached hydrogen (secondary N) is 1. The van der Waals surface area contributed by atoms with Gasteiger partial charge in [0, 0.05) is 37.1 Å². The second-order valence-corrected chi connectivity index (χ2v) is 9.77. The van der Waals surface area contributed by atoms with E-state index < -0.39 is 10.0 Å². The van der Waals surface area contributed by atoms with Crippen LogP contribution in [-0.4, -0.2) is 41.7 Å². The van der Waals surface area contributed by atoms with Crippen LogP contribution < -0.4 is 5.32 Å². The number of fused-ring (bicyclic) bond motifs is 1. The maximum atomic E-state index is 12.8. The summed E-state index contributed by atoms with van der Waals surface area (Å²) < 4.78 is 28.1. The highest BCUT2D eigenvalue weighted by Gasteiger charge is 2.36. The Hall–Kier alpha value is -2.36. The molecule has 1 N–H and O–H groups in total. The number of thiazole rings is 1. The van der Waals surface area contributed by atoms with Gasteiger partial charge >= 0.3 is 0 Å². The number of piperidine rings is 1. The van der Waals surface area contributed by atoms with Crippen molar-refractivity contribution in [1.29, 1.82) is 0 Å². The molecule has 3 aromatic rings. The fourth-order valence-electron chi connectivity index (χ4n) is 3.53. The number of amides is 1. The largest absolute Gasteiger partial charge is 0.326 e. The Morgan fingerprint density at radius 1 is 1.32 bits per heavy atom. The Bertz CT molecular complexity index is 1100. The quantitative estimate of drug-likeness (QED) is 0.706. The first-order valence-corrected chi connectivity index (χ1v) is 11.3. The minimum atomic E-state index is -3.59. The van der Waals surface area contributed by atoms with Gasteiger partial charge in [-0.05, 0) is 42.7 Å². The third-order valence-corrected chi connectivity index (χ3v) is 7.73. The highest BCUT2D eigenvalue weighted by Crippen LogP contribution is 2.29. The standard InChI is InChI=1S/C19H20N4O3S2/c1-13-11-23(28(25,26)15-3-2-7-20-10-15)8-6-16(13)19(24)22-14-4-5-18-17(9-14)21-12-27-18/h2-5,7,9-10,12-13,16H,6,8,11H2,1H3,(H,22,24)/t13-,16+/m1/s1. The molecular formula is C19H20N4O3S2. The summed E-state index contributed by atoms with van der Waals surface area (Å²) in [4.78, 5) is 21.1. The molecule has 0 aliphatic carbocycles. The topological polar surface area (TPSA) is 92.3 Å². The normalized spacial score (nSPS) is 20.9. The molecule has 2 atom stereocenters. The first-order valence-electron chi connectivity index (χ1n) is 8.99. The van der Waals surface area contributed by atoms with E-state index in [9.17, 15) is 13.2 Å². The molecule has 3 heterocycles. The van der Waals surface area contributed by atoms with Gasteiger partial charge in [-0.15, -0.1) is 11.3 Å². The van der Waals surface area contributed by atoms with Crippen LogP contribution in [-0.2, 0) is 14.8 Å². The second kappa shape index (κ2) is 7.57. The molecule has 0 radical (unpaired) electrons.